The maximum atomic E-state index is 13.3. The Kier molecular flexibility index (Phi) is 8.26. The molecule has 2 fully saturated rings. The van der Waals surface area contributed by atoms with E-state index in [9.17, 15) is 31.1 Å². The molecular weight excluding hydrogens is 458 g/mol. The van der Waals surface area contributed by atoms with Crippen molar-refractivity contribution in [3.63, 3.8) is 0 Å². The Bertz CT molecular complexity index is 811. The number of halogens is 6. The molecule has 2 atom stereocenters. The maximum absolute atomic E-state index is 13.3. The second-order valence-corrected chi connectivity index (χ2v) is 10.2. The van der Waals surface area contributed by atoms with Crippen LogP contribution in [0.15, 0.2) is 18.2 Å². The summed E-state index contributed by atoms with van der Waals surface area (Å²) in [7, 11) is 0. The van der Waals surface area contributed by atoms with Gasteiger partial charge in [-0.05, 0) is 61.8 Å². The largest absolute Gasteiger partial charge is 0.416 e. The Morgan fingerprint density at radius 1 is 0.912 bits per heavy atom. The van der Waals surface area contributed by atoms with E-state index in [1.54, 1.807) is 0 Å². The number of carbonyl (C=O) groups excluding carboxylic acids is 1. The van der Waals surface area contributed by atoms with Crippen molar-refractivity contribution in [3.05, 3.63) is 34.9 Å². The molecule has 0 heterocycles. The lowest BCUT2D eigenvalue weighted by Gasteiger charge is -2.33. The second kappa shape index (κ2) is 10.5. The van der Waals surface area contributed by atoms with Crippen molar-refractivity contribution in [1.82, 2.24) is 10.6 Å². The van der Waals surface area contributed by atoms with Crippen LogP contribution in [-0.2, 0) is 23.7 Å². The average Bonchev–Trinajstić information content (AvgIpc) is 3.01. The summed E-state index contributed by atoms with van der Waals surface area (Å²) in [5, 5.41) is 6.37. The monoisotopic (exact) mass is 492 g/mol. The molecule has 0 aromatic heterocycles. The highest BCUT2D eigenvalue weighted by molar-refractivity contribution is 5.83. The van der Waals surface area contributed by atoms with Gasteiger partial charge < -0.3 is 10.6 Å². The molecule has 0 bridgehead atoms. The molecule has 3 nitrogen and oxygen atoms in total. The fourth-order valence-electron chi connectivity index (χ4n) is 5.47. The first kappa shape index (κ1) is 26.8. The first-order chi connectivity index (χ1) is 15.8. The average molecular weight is 493 g/mol. The highest BCUT2D eigenvalue weighted by atomic mass is 19.4. The van der Waals surface area contributed by atoms with Crippen LogP contribution < -0.4 is 10.6 Å². The van der Waals surface area contributed by atoms with Crippen LogP contribution >= 0.6 is 0 Å². The molecule has 2 saturated carbocycles. The van der Waals surface area contributed by atoms with Crippen molar-refractivity contribution in [2.75, 3.05) is 0 Å². The van der Waals surface area contributed by atoms with Crippen LogP contribution in [0.4, 0.5) is 26.3 Å². The van der Waals surface area contributed by atoms with E-state index in [0.717, 1.165) is 19.3 Å². The van der Waals surface area contributed by atoms with E-state index < -0.39 is 28.9 Å². The number of benzene rings is 1. The number of carbonyl (C=O) groups is 1. The summed E-state index contributed by atoms with van der Waals surface area (Å²) in [4.78, 5) is 13.3. The number of hydrogen-bond acceptors (Lipinski definition) is 2. The quantitative estimate of drug-likeness (QED) is 0.337. The zero-order valence-corrected chi connectivity index (χ0v) is 19.7. The topological polar surface area (TPSA) is 41.1 Å². The summed E-state index contributed by atoms with van der Waals surface area (Å²) < 4.78 is 78.9. The Labute approximate surface area is 197 Å². The predicted molar refractivity (Wildman–Crippen MR) is 118 cm³/mol. The van der Waals surface area contributed by atoms with Gasteiger partial charge in [0.05, 0.1) is 16.5 Å². The van der Waals surface area contributed by atoms with Crippen LogP contribution in [0.5, 0.6) is 0 Å². The molecule has 2 aliphatic rings. The molecule has 1 aromatic rings. The van der Waals surface area contributed by atoms with Gasteiger partial charge in [0.1, 0.15) is 0 Å². The predicted octanol–water partition coefficient (Wildman–Crippen LogP) is 6.85. The van der Waals surface area contributed by atoms with Crippen molar-refractivity contribution in [3.8, 4) is 0 Å². The fraction of sp³-hybridized carbons (Fsp3) is 0.720. The summed E-state index contributed by atoms with van der Waals surface area (Å²) in [5.74, 6) is -0.320. The minimum absolute atomic E-state index is 0.0133. The molecule has 0 aliphatic heterocycles. The Morgan fingerprint density at radius 3 is 1.97 bits per heavy atom. The summed E-state index contributed by atoms with van der Waals surface area (Å²) in [6.07, 6.45) is -0.649. The van der Waals surface area contributed by atoms with E-state index in [0.29, 0.717) is 31.0 Å². The molecule has 1 amide bonds. The SMILES string of the molecule is CC(C)[C@]1(C(=O)NCc2cc(C(F)(F)F)cc(C(F)(F)F)c2)CC[C@@H](NC2CCCCCC2)C1. The minimum atomic E-state index is -4.92. The van der Waals surface area contributed by atoms with Crippen molar-refractivity contribution in [2.24, 2.45) is 11.3 Å². The van der Waals surface area contributed by atoms with Crippen LogP contribution in [0.25, 0.3) is 0 Å². The number of rotatable bonds is 6. The Hall–Kier alpha value is -1.77. The van der Waals surface area contributed by atoms with Gasteiger partial charge in [0.25, 0.3) is 0 Å². The molecule has 34 heavy (non-hydrogen) atoms. The van der Waals surface area contributed by atoms with Crippen molar-refractivity contribution >= 4 is 5.91 Å². The van der Waals surface area contributed by atoms with Crippen molar-refractivity contribution in [2.45, 2.75) is 103 Å². The third-order valence-corrected chi connectivity index (χ3v) is 7.53. The third kappa shape index (κ3) is 6.46. The lowest BCUT2D eigenvalue weighted by Crippen LogP contribution is -2.45. The molecule has 0 radical (unpaired) electrons. The summed E-state index contributed by atoms with van der Waals surface area (Å²) in [6, 6.07) is 2.05. The number of alkyl halides is 6. The van der Waals surface area contributed by atoms with E-state index in [4.69, 9.17) is 0 Å². The molecule has 3 rings (SSSR count). The highest BCUT2D eigenvalue weighted by Crippen LogP contribution is 2.45. The third-order valence-electron chi connectivity index (χ3n) is 7.53. The van der Waals surface area contributed by atoms with E-state index in [-0.39, 0.29) is 36.0 Å². The summed E-state index contributed by atoms with van der Waals surface area (Å²) in [6.45, 7) is 3.50. The molecular formula is C25H34F6N2O. The standard InChI is InChI=1S/C25H34F6N2O/c1-16(2)23(10-9-21(14-23)33-20-7-5-3-4-6-8-20)22(34)32-15-17-11-18(24(26,27)28)13-19(12-17)25(29,30)31/h11-13,16,20-21,33H,3-10,14-15H2,1-2H3,(H,32,34)/t21-,23+/m1/s1. The van der Waals surface area contributed by atoms with E-state index >= 15 is 0 Å². The van der Waals surface area contributed by atoms with Gasteiger partial charge in [-0.1, -0.05) is 39.5 Å². The second-order valence-electron chi connectivity index (χ2n) is 10.2. The van der Waals surface area contributed by atoms with E-state index in [1.807, 2.05) is 13.8 Å². The van der Waals surface area contributed by atoms with Crippen LogP contribution in [0.2, 0.25) is 0 Å². The van der Waals surface area contributed by atoms with Gasteiger partial charge in [-0.25, -0.2) is 0 Å². The van der Waals surface area contributed by atoms with Crippen molar-refractivity contribution < 1.29 is 31.1 Å². The zero-order valence-electron chi connectivity index (χ0n) is 19.7. The van der Waals surface area contributed by atoms with Crippen molar-refractivity contribution in [1.29, 1.82) is 0 Å². The van der Waals surface area contributed by atoms with Gasteiger partial charge in [-0.2, -0.15) is 26.3 Å². The molecule has 0 spiro atoms. The van der Waals surface area contributed by atoms with Gasteiger partial charge in [0.15, 0.2) is 0 Å². The number of nitrogens with one attached hydrogen (secondary N) is 2. The lowest BCUT2D eigenvalue weighted by atomic mass is 9.74. The first-order valence-electron chi connectivity index (χ1n) is 12.1. The van der Waals surface area contributed by atoms with Crippen LogP contribution in [-0.4, -0.2) is 18.0 Å². The Morgan fingerprint density at radius 2 is 1.47 bits per heavy atom. The molecule has 9 heteroatoms. The van der Waals surface area contributed by atoms with Crippen LogP contribution in [0.1, 0.15) is 88.3 Å². The maximum Gasteiger partial charge on any atom is 0.416 e. The normalized spacial score (nSPS) is 24.9. The van der Waals surface area contributed by atoms with Gasteiger partial charge in [-0.3, -0.25) is 4.79 Å². The number of amides is 1. The van der Waals surface area contributed by atoms with Crippen LogP contribution in [0, 0.1) is 11.3 Å². The molecule has 0 saturated heterocycles. The fourth-order valence-corrected chi connectivity index (χ4v) is 5.47. The highest BCUT2D eigenvalue weighted by Gasteiger charge is 2.47. The van der Waals surface area contributed by atoms with Crippen LogP contribution in [0.3, 0.4) is 0 Å². The molecule has 2 aliphatic carbocycles. The Balaban J connectivity index is 1.71. The molecule has 2 N–H and O–H groups in total. The van der Waals surface area contributed by atoms with Gasteiger partial charge >= 0.3 is 12.4 Å². The molecule has 0 unspecified atom stereocenters. The smallest absolute Gasteiger partial charge is 0.352 e. The van der Waals surface area contributed by atoms with Gasteiger partial charge in [0.2, 0.25) is 5.91 Å². The van der Waals surface area contributed by atoms with Gasteiger partial charge in [-0.15, -0.1) is 0 Å². The lowest BCUT2D eigenvalue weighted by molar-refractivity contribution is -0.143. The zero-order chi connectivity index (χ0) is 25.1. The summed E-state index contributed by atoms with van der Waals surface area (Å²) in [5.41, 5.74) is -3.67. The van der Waals surface area contributed by atoms with E-state index in [1.165, 1.54) is 25.7 Å². The molecule has 1 aromatic carbocycles. The summed E-state index contributed by atoms with van der Waals surface area (Å²) >= 11 is 0. The minimum Gasteiger partial charge on any atom is -0.352 e. The first-order valence-corrected chi connectivity index (χ1v) is 12.1. The van der Waals surface area contributed by atoms with E-state index in [2.05, 4.69) is 10.6 Å². The molecule has 192 valence electrons. The number of hydrogen-bond donors (Lipinski definition) is 2. The van der Waals surface area contributed by atoms with Gasteiger partial charge in [0, 0.05) is 18.6 Å².